The van der Waals surface area contributed by atoms with E-state index in [1.54, 1.807) is 7.05 Å². The second kappa shape index (κ2) is 10.1. The van der Waals surface area contributed by atoms with E-state index < -0.39 is 21.7 Å². The van der Waals surface area contributed by atoms with Crippen LogP contribution in [0, 0.1) is 0 Å². The average molecular weight is 406 g/mol. The Morgan fingerprint density at radius 1 is 1.37 bits per heavy atom. The van der Waals surface area contributed by atoms with Crippen molar-refractivity contribution in [2.75, 3.05) is 46.0 Å². The third kappa shape index (κ3) is 8.79. The van der Waals surface area contributed by atoms with Crippen LogP contribution >= 0.6 is 0 Å². The molecule has 0 radical (unpaired) electrons. The van der Waals surface area contributed by atoms with Gasteiger partial charge in [0.05, 0.1) is 12.3 Å². The second-order valence-corrected chi connectivity index (χ2v) is 9.64. The predicted molar refractivity (Wildman–Crippen MR) is 107 cm³/mol. The highest BCUT2D eigenvalue weighted by molar-refractivity contribution is 7.88. The number of nitrogens with zero attached hydrogens (tertiary/aromatic N) is 3. The number of rotatable bonds is 7. The molecule has 0 saturated carbocycles. The maximum atomic E-state index is 11.9. The van der Waals surface area contributed by atoms with Crippen LogP contribution in [0.5, 0.6) is 0 Å². The minimum atomic E-state index is -3.16. The lowest BCUT2D eigenvalue weighted by atomic mass is 10.2. The molecule has 0 bridgehead atoms. The van der Waals surface area contributed by atoms with E-state index in [9.17, 15) is 13.2 Å². The maximum Gasteiger partial charge on any atom is 0.407 e. The molecule has 1 atom stereocenters. The van der Waals surface area contributed by atoms with Gasteiger partial charge in [0.1, 0.15) is 5.60 Å². The molecule has 10 heteroatoms. The van der Waals surface area contributed by atoms with E-state index in [-0.39, 0.29) is 6.04 Å². The van der Waals surface area contributed by atoms with Crippen molar-refractivity contribution in [1.82, 2.24) is 19.8 Å². The number of hydrogen-bond donors (Lipinski definition) is 2. The van der Waals surface area contributed by atoms with Crippen LogP contribution in [0.2, 0.25) is 0 Å². The molecule has 1 aliphatic heterocycles. The molecular formula is C17H35N5O4S. The molecule has 1 saturated heterocycles. The Labute approximate surface area is 163 Å². The van der Waals surface area contributed by atoms with E-state index in [4.69, 9.17) is 4.74 Å². The van der Waals surface area contributed by atoms with Gasteiger partial charge >= 0.3 is 6.09 Å². The van der Waals surface area contributed by atoms with E-state index in [0.717, 1.165) is 18.9 Å². The van der Waals surface area contributed by atoms with Crippen LogP contribution in [0.3, 0.4) is 0 Å². The zero-order valence-corrected chi connectivity index (χ0v) is 18.2. The number of aliphatic imine (C=N–C) groups is 1. The highest BCUT2D eigenvalue weighted by atomic mass is 32.2. The molecular weight excluding hydrogens is 370 g/mol. The van der Waals surface area contributed by atoms with Gasteiger partial charge in [0.2, 0.25) is 10.0 Å². The normalized spacial score (nSPS) is 18.7. The van der Waals surface area contributed by atoms with Gasteiger partial charge in [-0.2, -0.15) is 0 Å². The lowest BCUT2D eigenvalue weighted by Crippen LogP contribution is -2.44. The first-order valence-corrected chi connectivity index (χ1v) is 11.2. The molecule has 1 heterocycles. The highest BCUT2D eigenvalue weighted by Crippen LogP contribution is 2.12. The largest absolute Gasteiger partial charge is 0.444 e. The first-order valence-electron chi connectivity index (χ1n) is 9.36. The number of alkyl carbamates (subject to hydrolysis) is 1. The van der Waals surface area contributed by atoms with Crippen LogP contribution in [0.15, 0.2) is 4.99 Å². The Kier molecular flexibility index (Phi) is 8.80. The maximum absolute atomic E-state index is 11.9. The molecule has 0 aromatic carbocycles. The Balaban J connectivity index is 2.40. The summed E-state index contributed by atoms with van der Waals surface area (Å²) >= 11 is 0. The summed E-state index contributed by atoms with van der Waals surface area (Å²) in [7, 11) is -1.44. The zero-order valence-electron chi connectivity index (χ0n) is 17.4. The molecule has 9 nitrogen and oxygen atoms in total. The first-order chi connectivity index (χ1) is 12.5. The van der Waals surface area contributed by atoms with Gasteiger partial charge in [-0.15, -0.1) is 0 Å². The molecule has 1 fully saturated rings. The van der Waals surface area contributed by atoms with Gasteiger partial charge in [0, 0.05) is 39.8 Å². The number of sulfonamides is 1. The molecule has 2 N–H and O–H groups in total. The molecule has 1 amide bonds. The van der Waals surface area contributed by atoms with Crippen LogP contribution in [-0.2, 0) is 14.8 Å². The lowest BCUT2D eigenvalue weighted by Gasteiger charge is -2.24. The Bertz CT molecular complexity index is 615. The number of carbonyl (C=O) groups is 1. The number of carbonyl (C=O) groups excluding carboxylic acids is 1. The molecule has 1 aliphatic rings. The van der Waals surface area contributed by atoms with Gasteiger partial charge in [-0.05, 0) is 33.6 Å². The van der Waals surface area contributed by atoms with Crippen molar-refractivity contribution in [1.29, 1.82) is 0 Å². The first kappa shape index (κ1) is 23.5. The van der Waals surface area contributed by atoms with E-state index in [1.165, 1.54) is 10.6 Å². The van der Waals surface area contributed by atoms with Crippen LogP contribution in [0.25, 0.3) is 0 Å². The number of likely N-dealkylation sites (tertiary alicyclic amines) is 1. The molecule has 0 aliphatic carbocycles. The van der Waals surface area contributed by atoms with Gasteiger partial charge in [-0.3, -0.25) is 4.99 Å². The molecule has 0 aromatic rings. The summed E-state index contributed by atoms with van der Waals surface area (Å²) in [5.41, 5.74) is -0.516. The van der Waals surface area contributed by atoms with Gasteiger partial charge in [-0.1, -0.05) is 6.92 Å². The molecule has 27 heavy (non-hydrogen) atoms. The highest BCUT2D eigenvalue weighted by Gasteiger charge is 2.27. The molecule has 0 aromatic heterocycles. The summed E-state index contributed by atoms with van der Waals surface area (Å²) in [6, 6.07) is 0.0132. The van der Waals surface area contributed by atoms with E-state index in [2.05, 4.69) is 20.5 Å². The van der Waals surface area contributed by atoms with Crippen molar-refractivity contribution in [2.45, 2.75) is 52.2 Å². The molecule has 0 spiro atoms. The minimum absolute atomic E-state index is 0.0132. The fourth-order valence-corrected chi connectivity index (χ4v) is 3.82. The number of hydrogen-bond acceptors (Lipinski definition) is 5. The second-order valence-electron chi connectivity index (χ2n) is 7.66. The van der Waals surface area contributed by atoms with Gasteiger partial charge < -0.3 is 20.3 Å². The van der Waals surface area contributed by atoms with Crippen molar-refractivity contribution in [3.8, 4) is 0 Å². The molecule has 1 unspecified atom stereocenters. The smallest absolute Gasteiger partial charge is 0.407 e. The van der Waals surface area contributed by atoms with Crippen LogP contribution in [0.1, 0.15) is 40.5 Å². The molecule has 158 valence electrons. The number of amides is 1. The fraction of sp³-hybridized carbons (Fsp3) is 0.882. The lowest BCUT2D eigenvalue weighted by molar-refractivity contribution is 0.0507. The Morgan fingerprint density at radius 3 is 2.56 bits per heavy atom. The predicted octanol–water partition coefficient (Wildman–Crippen LogP) is 0.832. The monoisotopic (exact) mass is 405 g/mol. The van der Waals surface area contributed by atoms with E-state index >= 15 is 0 Å². The standard InChI is InChI=1S/C17H35N5O4S/c1-7-22(27(6,24)25)11-8-10-19-15(18-5)21-12-9-14(13-21)20-16(23)26-17(2,3)4/h14H,7-13H2,1-6H3,(H,18,19)(H,20,23). The fourth-order valence-electron chi connectivity index (χ4n) is 2.89. The molecule has 1 rings (SSSR count). The van der Waals surface area contributed by atoms with Crippen LogP contribution in [-0.4, -0.2) is 87.3 Å². The van der Waals surface area contributed by atoms with Crippen molar-refractivity contribution in [3.63, 3.8) is 0 Å². The average Bonchev–Trinajstić information content (AvgIpc) is 2.95. The van der Waals surface area contributed by atoms with E-state index in [0.29, 0.717) is 32.6 Å². The number of nitrogens with one attached hydrogen (secondary N) is 2. The number of ether oxygens (including phenoxy) is 1. The summed E-state index contributed by atoms with van der Waals surface area (Å²) in [5, 5.41) is 6.16. The van der Waals surface area contributed by atoms with Gasteiger partial charge in [0.25, 0.3) is 0 Å². The summed E-state index contributed by atoms with van der Waals surface area (Å²) in [4.78, 5) is 18.3. The topological polar surface area (TPSA) is 103 Å². The van der Waals surface area contributed by atoms with Crippen LogP contribution in [0.4, 0.5) is 4.79 Å². The van der Waals surface area contributed by atoms with Crippen molar-refractivity contribution < 1.29 is 17.9 Å². The summed E-state index contributed by atoms with van der Waals surface area (Å²) in [6.45, 7) is 10.3. The summed E-state index contributed by atoms with van der Waals surface area (Å²) in [6.07, 6.45) is 2.33. The van der Waals surface area contributed by atoms with Crippen molar-refractivity contribution in [2.24, 2.45) is 4.99 Å². The summed E-state index contributed by atoms with van der Waals surface area (Å²) in [5.74, 6) is 0.755. The Hall–Kier alpha value is -1.55. The number of guanidine groups is 1. The van der Waals surface area contributed by atoms with Gasteiger partial charge in [0.15, 0.2) is 5.96 Å². The van der Waals surface area contributed by atoms with Crippen molar-refractivity contribution >= 4 is 22.1 Å². The quantitative estimate of drug-likeness (QED) is 0.369. The Morgan fingerprint density at radius 2 is 2.04 bits per heavy atom. The van der Waals surface area contributed by atoms with Gasteiger partial charge in [-0.25, -0.2) is 17.5 Å². The summed E-state index contributed by atoms with van der Waals surface area (Å²) < 4.78 is 29.9. The third-order valence-electron chi connectivity index (χ3n) is 4.11. The zero-order chi connectivity index (χ0) is 20.7. The van der Waals surface area contributed by atoms with Crippen molar-refractivity contribution in [3.05, 3.63) is 0 Å². The minimum Gasteiger partial charge on any atom is -0.444 e. The third-order valence-corrected chi connectivity index (χ3v) is 5.49. The van der Waals surface area contributed by atoms with E-state index in [1.807, 2.05) is 27.7 Å². The van der Waals surface area contributed by atoms with Crippen LogP contribution < -0.4 is 10.6 Å². The SMILES string of the molecule is CCN(CCCNC(=NC)N1CCC(NC(=O)OC(C)(C)C)C1)S(C)(=O)=O.